The van der Waals surface area contributed by atoms with E-state index in [1.54, 1.807) is 18.6 Å². The largest absolute Gasteiger partial charge is 0.378 e. The topological polar surface area (TPSA) is 53.9 Å². The molecule has 2 heterocycles. The highest BCUT2D eigenvalue weighted by molar-refractivity contribution is 5.48. The van der Waals surface area contributed by atoms with Crippen molar-refractivity contribution in [3.05, 3.63) is 42.6 Å². The molecule has 19 heavy (non-hydrogen) atoms. The zero-order valence-corrected chi connectivity index (χ0v) is 11.4. The molecule has 2 aromatic rings. The molecule has 100 valence electrons. The molecule has 5 heteroatoms. The summed E-state index contributed by atoms with van der Waals surface area (Å²) in [5.74, 6) is 1.01. The van der Waals surface area contributed by atoms with Gasteiger partial charge < -0.3 is 10.2 Å². The van der Waals surface area contributed by atoms with Crippen molar-refractivity contribution in [1.82, 2.24) is 15.0 Å². The van der Waals surface area contributed by atoms with Gasteiger partial charge in [0.05, 0.1) is 30.3 Å². The Morgan fingerprint density at radius 3 is 2.47 bits per heavy atom. The molecule has 0 bridgehead atoms. The second-order valence-electron chi connectivity index (χ2n) is 4.13. The van der Waals surface area contributed by atoms with E-state index < -0.39 is 0 Å². The van der Waals surface area contributed by atoms with Crippen molar-refractivity contribution in [1.29, 1.82) is 0 Å². The number of nitrogens with zero attached hydrogens (tertiary/aromatic N) is 4. The van der Waals surface area contributed by atoms with Gasteiger partial charge in [0.25, 0.3) is 0 Å². The van der Waals surface area contributed by atoms with Crippen LogP contribution in [0.5, 0.6) is 0 Å². The molecule has 0 aliphatic rings. The summed E-state index contributed by atoms with van der Waals surface area (Å²) in [5.41, 5.74) is 1.90. The van der Waals surface area contributed by atoms with Crippen molar-refractivity contribution in [2.24, 2.45) is 0 Å². The summed E-state index contributed by atoms with van der Waals surface area (Å²) in [6, 6.07) is 4.07. The maximum Gasteiger partial charge on any atom is 0.128 e. The van der Waals surface area contributed by atoms with Gasteiger partial charge in [0.15, 0.2) is 0 Å². The van der Waals surface area contributed by atoms with Gasteiger partial charge in [-0.2, -0.15) is 0 Å². The second kappa shape index (κ2) is 6.68. The molecule has 0 saturated heterocycles. The molecule has 0 amide bonds. The van der Waals surface area contributed by atoms with Gasteiger partial charge in [0.1, 0.15) is 5.82 Å². The molecule has 0 radical (unpaired) electrons. The summed E-state index contributed by atoms with van der Waals surface area (Å²) >= 11 is 0. The molecular formula is C14H19N5. The summed E-state index contributed by atoms with van der Waals surface area (Å²) in [7, 11) is 0. The summed E-state index contributed by atoms with van der Waals surface area (Å²) in [6.07, 6.45) is 6.97. The monoisotopic (exact) mass is 257 g/mol. The lowest BCUT2D eigenvalue weighted by Crippen LogP contribution is -2.22. The molecule has 0 aromatic carbocycles. The Labute approximate surface area is 113 Å². The van der Waals surface area contributed by atoms with Crippen LogP contribution >= 0.6 is 0 Å². The van der Waals surface area contributed by atoms with Crippen LogP contribution in [-0.2, 0) is 6.54 Å². The van der Waals surface area contributed by atoms with Crippen molar-refractivity contribution in [3.63, 3.8) is 0 Å². The number of hydrogen-bond acceptors (Lipinski definition) is 5. The molecule has 0 aliphatic carbocycles. The lowest BCUT2D eigenvalue weighted by Gasteiger charge is -2.19. The van der Waals surface area contributed by atoms with Crippen LogP contribution in [0.15, 0.2) is 36.9 Å². The van der Waals surface area contributed by atoms with Crippen LogP contribution in [0.1, 0.15) is 19.5 Å². The van der Waals surface area contributed by atoms with E-state index >= 15 is 0 Å². The molecule has 1 N–H and O–H groups in total. The molecule has 5 nitrogen and oxygen atoms in total. The summed E-state index contributed by atoms with van der Waals surface area (Å²) in [6.45, 7) is 6.85. The summed E-state index contributed by atoms with van der Waals surface area (Å²) in [5, 5.41) is 3.28. The van der Waals surface area contributed by atoms with Gasteiger partial charge in [-0.1, -0.05) is 0 Å². The minimum Gasteiger partial charge on any atom is -0.378 e. The van der Waals surface area contributed by atoms with Gasteiger partial charge >= 0.3 is 0 Å². The van der Waals surface area contributed by atoms with Gasteiger partial charge in [-0.3, -0.25) is 9.97 Å². The Morgan fingerprint density at radius 2 is 1.89 bits per heavy atom. The fourth-order valence-corrected chi connectivity index (χ4v) is 1.84. The van der Waals surface area contributed by atoms with E-state index in [0.29, 0.717) is 6.54 Å². The summed E-state index contributed by atoms with van der Waals surface area (Å²) in [4.78, 5) is 14.9. The van der Waals surface area contributed by atoms with Crippen LogP contribution in [0, 0.1) is 0 Å². The molecular weight excluding hydrogens is 238 g/mol. The van der Waals surface area contributed by atoms with Crippen LogP contribution in [0.3, 0.4) is 0 Å². The van der Waals surface area contributed by atoms with E-state index in [9.17, 15) is 0 Å². The van der Waals surface area contributed by atoms with Crippen LogP contribution in [0.25, 0.3) is 0 Å². The van der Waals surface area contributed by atoms with Crippen LogP contribution < -0.4 is 10.2 Å². The van der Waals surface area contributed by atoms with Crippen molar-refractivity contribution >= 4 is 11.5 Å². The second-order valence-corrected chi connectivity index (χ2v) is 4.13. The predicted molar refractivity (Wildman–Crippen MR) is 77.2 cm³/mol. The standard InChI is InChI=1S/C14H19N5/c1-3-19(4-2)14-6-5-12(10-18-14)17-11-13-9-15-7-8-16-13/h5-10,17H,3-4,11H2,1-2H3. The van der Waals surface area contributed by atoms with E-state index in [1.165, 1.54) is 0 Å². The fraction of sp³-hybridized carbons (Fsp3) is 0.357. The number of aromatic nitrogens is 3. The predicted octanol–water partition coefficient (Wildman–Crippen LogP) is 2.33. The van der Waals surface area contributed by atoms with E-state index in [4.69, 9.17) is 0 Å². The molecule has 2 aromatic heterocycles. The maximum absolute atomic E-state index is 4.46. The first-order chi connectivity index (χ1) is 9.33. The molecule has 2 rings (SSSR count). The smallest absolute Gasteiger partial charge is 0.128 e. The van der Waals surface area contributed by atoms with Gasteiger partial charge in [0.2, 0.25) is 0 Å². The number of pyridine rings is 1. The molecule has 0 spiro atoms. The first kappa shape index (κ1) is 13.3. The van der Waals surface area contributed by atoms with Gasteiger partial charge in [-0.15, -0.1) is 0 Å². The first-order valence-electron chi connectivity index (χ1n) is 6.53. The first-order valence-corrected chi connectivity index (χ1v) is 6.53. The molecule has 0 saturated carbocycles. The minimum absolute atomic E-state index is 0.653. The number of hydrogen-bond donors (Lipinski definition) is 1. The fourth-order valence-electron chi connectivity index (χ4n) is 1.84. The molecule has 0 atom stereocenters. The number of nitrogens with one attached hydrogen (secondary N) is 1. The Morgan fingerprint density at radius 1 is 1.05 bits per heavy atom. The van der Waals surface area contributed by atoms with Crippen molar-refractivity contribution in [2.75, 3.05) is 23.3 Å². The Bertz CT molecular complexity index is 479. The highest BCUT2D eigenvalue weighted by Crippen LogP contribution is 2.14. The normalized spacial score (nSPS) is 10.2. The van der Waals surface area contributed by atoms with E-state index in [0.717, 1.165) is 30.3 Å². The highest BCUT2D eigenvalue weighted by Gasteiger charge is 2.02. The van der Waals surface area contributed by atoms with E-state index in [1.807, 2.05) is 18.3 Å². The average Bonchev–Trinajstić information content (AvgIpc) is 2.49. The number of anilines is 2. The van der Waals surface area contributed by atoms with Crippen molar-refractivity contribution in [3.8, 4) is 0 Å². The van der Waals surface area contributed by atoms with Crippen molar-refractivity contribution in [2.45, 2.75) is 20.4 Å². The van der Waals surface area contributed by atoms with Crippen LogP contribution in [-0.4, -0.2) is 28.0 Å². The third kappa shape index (κ3) is 3.64. The third-order valence-corrected chi connectivity index (χ3v) is 2.93. The maximum atomic E-state index is 4.46. The van der Waals surface area contributed by atoms with Crippen molar-refractivity contribution < 1.29 is 0 Å². The quantitative estimate of drug-likeness (QED) is 0.860. The average molecular weight is 257 g/mol. The Kier molecular flexibility index (Phi) is 4.66. The van der Waals surface area contributed by atoms with E-state index in [2.05, 4.69) is 39.0 Å². The van der Waals surface area contributed by atoms with Gasteiger partial charge in [-0.05, 0) is 26.0 Å². The molecule has 0 unspecified atom stereocenters. The zero-order valence-electron chi connectivity index (χ0n) is 11.4. The number of rotatable bonds is 6. The zero-order chi connectivity index (χ0) is 13.5. The summed E-state index contributed by atoms with van der Waals surface area (Å²) < 4.78 is 0. The van der Waals surface area contributed by atoms with Gasteiger partial charge in [0, 0.05) is 25.5 Å². The lowest BCUT2D eigenvalue weighted by molar-refractivity contribution is 0.846. The molecule has 0 fully saturated rings. The van der Waals surface area contributed by atoms with Crippen LogP contribution in [0.2, 0.25) is 0 Å². The van der Waals surface area contributed by atoms with Crippen LogP contribution in [0.4, 0.5) is 11.5 Å². The van der Waals surface area contributed by atoms with E-state index in [-0.39, 0.29) is 0 Å². The SMILES string of the molecule is CCN(CC)c1ccc(NCc2cnccn2)cn1. The Balaban J connectivity index is 1.95. The highest BCUT2D eigenvalue weighted by atomic mass is 15.2. The Hall–Kier alpha value is -2.17. The van der Waals surface area contributed by atoms with Gasteiger partial charge in [-0.25, -0.2) is 4.98 Å². The minimum atomic E-state index is 0.653. The third-order valence-electron chi connectivity index (χ3n) is 2.93. The molecule has 0 aliphatic heterocycles. The lowest BCUT2D eigenvalue weighted by atomic mass is 10.3.